The van der Waals surface area contributed by atoms with Crippen LogP contribution >= 0.6 is 0 Å². The molecule has 0 aromatic heterocycles. The van der Waals surface area contributed by atoms with E-state index in [1.54, 1.807) is 12.1 Å². The molecule has 23 heavy (non-hydrogen) atoms. The Kier molecular flexibility index (Phi) is 3.92. The summed E-state index contributed by atoms with van der Waals surface area (Å²) in [7, 11) is -0.498. The molecule has 0 bridgehead atoms. The van der Waals surface area contributed by atoms with Gasteiger partial charge in [0, 0.05) is 18.2 Å². The Bertz CT molecular complexity index is 595. The van der Waals surface area contributed by atoms with E-state index in [-0.39, 0.29) is 11.6 Å². The summed E-state index contributed by atoms with van der Waals surface area (Å²) in [6, 6.07) is 6.42. The molecule has 1 saturated heterocycles. The second-order valence-electron chi connectivity index (χ2n) is 7.82. The predicted octanol–water partition coefficient (Wildman–Crippen LogP) is 3.84. The molecule has 2 fully saturated rings. The van der Waals surface area contributed by atoms with Crippen LogP contribution in [-0.4, -0.2) is 24.1 Å². The van der Waals surface area contributed by atoms with Crippen molar-refractivity contribution in [2.24, 2.45) is 0 Å². The quantitative estimate of drug-likeness (QED) is 0.777. The van der Waals surface area contributed by atoms with Crippen LogP contribution in [0.2, 0.25) is 0 Å². The summed E-state index contributed by atoms with van der Waals surface area (Å²) in [5.41, 5.74) is 0.0153. The Morgan fingerprint density at radius 2 is 1.61 bits per heavy atom. The fourth-order valence-corrected chi connectivity index (χ4v) is 3.56. The molecule has 3 nitrogen and oxygen atoms in total. The minimum atomic E-state index is -0.534. The molecule has 1 heterocycles. The smallest absolute Gasteiger partial charge is 0.403 e. The van der Waals surface area contributed by atoms with Gasteiger partial charge in [-0.15, -0.1) is 0 Å². The highest BCUT2D eigenvalue weighted by Gasteiger charge is 2.60. The molecule has 0 amide bonds. The zero-order valence-electron chi connectivity index (χ0n) is 14.3. The number of hydrogen-bond acceptors (Lipinski definition) is 3. The molecule has 1 saturated carbocycles. The van der Waals surface area contributed by atoms with Crippen molar-refractivity contribution in [1.29, 1.82) is 0 Å². The van der Waals surface area contributed by atoms with Gasteiger partial charge in [0.25, 0.3) is 0 Å². The van der Waals surface area contributed by atoms with Gasteiger partial charge in [-0.3, -0.25) is 4.79 Å². The van der Waals surface area contributed by atoms with Gasteiger partial charge in [-0.05, 0) is 58.2 Å². The minimum absolute atomic E-state index is 0.218. The van der Waals surface area contributed by atoms with Crippen molar-refractivity contribution in [3.8, 4) is 0 Å². The maximum Gasteiger partial charge on any atom is 0.469 e. The number of hydrogen-bond donors (Lipinski definition) is 0. The van der Waals surface area contributed by atoms with Gasteiger partial charge in [-0.1, -0.05) is 12.1 Å². The topological polar surface area (TPSA) is 35.5 Å². The van der Waals surface area contributed by atoms with E-state index in [1.165, 1.54) is 12.1 Å². The third-order valence-corrected chi connectivity index (χ3v) is 5.71. The highest BCUT2D eigenvalue weighted by molar-refractivity contribution is 6.50. The third kappa shape index (κ3) is 2.74. The van der Waals surface area contributed by atoms with Crippen molar-refractivity contribution < 1.29 is 18.5 Å². The molecule has 1 aliphatic carbocycles. The second kappa shape index (κ2) is 5.42. The van der Waals surface area contributed by atoms with Crippen molar-refractivity contribution in [3.05, 3.63) is 35.6 Å². The maximum atomic E-state index is 13.3. The van der Waals surface area contributed by atoms with Crippen molar-refractivity contribution in [2.75, 3.05) is 0 Å². The number of ketones is 1. The summed E-state index contributed by atoms with van der Waals surface area (Å²) >= 11 is 0. The predicted molar refractivity (Wildman–Crippen MR) is 87.6 cm³/mol. The van der Waals surface area contributed by atoms with Crippen LogP contribution in [0.15, 0.2) is 24.3 Å². The van der Waals surface area contributed by atoms with Crippen LogP contribution in [-0.2, 0) is 19.4 Å². The van der Waals surface area contributed by atoms with Gasteiger partial charge >= 0.3 is 7.12 Å². The average Bonchev–Trinajstić information content (AvgIpc) is 2.68. The van der Waals surface area contributed by atoms with Gasteiger partial charge in [0.1, 0.15) is 11.6 Å². The Labute approximate surface area is 137 Å². The molecule has 1 aliphatic heterocycles. The van der Waals surface area contributed by atoms with E-state index in [2.05, 4.69) is 0 Å². The molecule has 0 N–H and O–H groups in total. The van der Waals surface area contributed by atoms with E-state index < -0.39 is 23.6 Å². The van der Waals surface area contributed by atoms with Crippen molar-refractivity contribution in [2.45, 2.75) is 69.9 Å². The fourth-order valence-electron chi connectivity index (χ4n) is 3.56. The number of Topliss-reactive ketones (excluding diaryl/α,β-unsaturated/α-hetero) is 1. The van der Waals surface area contributed by atoms with Crippen LogP contribution in [0.5, 0.6) is 0 Å². The maximum absolute atomic E-state index is 13.3. The van der Waals surface area contributed by atoms with Crippen molar-refractivity contribution in [3.63, 3.8) is 0 Å². The Morgan fingerprint density at radius 3 is 2.13 bits per heavy atom. The third-order valence-electron chi connectivity index (χ3n) is 5.71. The van der Waals surface area contributed by atoms with E-state index in [9.17, 15) is 9.18 Å². The van der Waals surface area contributed by atoms with E-state index >= 15 is 0 Å². The molecule has 0 unspecified atom stereocenters. The molecule has 1 aromatic rings. The number of benzene rings is 1. The van der Waals surface area contributed by atoms with Gasteiger partial charge < -0.3 is 9.31 Å². The van der Waals surface area contributed by atoms with Crippen LogP contribution in [0.4, 0.5) is 4.39 Å². The van der Waals surface area contributed by atoms with Gasteiger partial charge in [-0.2, -0.15) is 0 Å². The lowest BCUT2D eigenvalue weighted by molar-refractivity contribution is -0.121. The first-order chi connectivity index (χ1) is 10.7. The normalized spacial score (nSPS) is 29.8. The SMILES string of the molecule is CC1(C)OB([C@@]2(c3ccc(F)cc3)CCCC(=O)C2)OC1(C)C. The molecule has 5 heteroatoms. The Hall–Kier alpha value is -1.20. The lowest BCUT2D eigenvalue weighted by Gasteiger charge is -2.38. The molecule has 1 aromatic carbocycles. The zero-order valence-corrected chi connectivity index (χ0v) is 14.3. The lowest BCUT2D eigenvalue weighted by atomic mass is 9.48. The van der Waals surface area contributed by atoms with Gasteiger partial charge in [0.2, 0.25) is 0 Å². The number of rotatable bonds is 2. The van der Waals surface area contributed by atoms with Gasteiger partial charge in [0.15, 0.2) is 0 Å². The summed E-state index contributed by atoms with van der Waals surface area (Å²) in [6.45, 7) is 8.04. The van der Waals surface area contributed by atoms with Crippen LogP contribution in [0.3, 0.4) is 0 Å². The lowest BCUT2D eigenvalue weighted by Crippen LogP contribution is -2.49. The van der Waals surface area contributed by atoms with Gasteiger partial charge in [-0.25, -0.2) is 4.39 Å². The summed E-state index contributed by atoms with van der Waals surface area (Å²) in [5, 5.41) is -0.534. The summed E-state index contributed by atoms with van der Waals surface area (Å²) in [4.78, 5) is 12.2. The van der Waals surface area contributed by atoms with Gasteiger partial charge in [0.05, 0.1) is 11.2 Å². The molecular weight excluding hydrogens is 294 g/mol. The standard InChI is InChI=1S/C18H24BFO3/c1-16(2)17(3,4)23-19(22-16)18(11-5-6-15(21)12-18)13-7-9-14(20)10-8-13/h7-10H,5-6,11-12H2,1-4H3/t18-/m0/s1. The highest BCUT2D eigenvalue weighted by atomic mass is 19.1. The van der Waals surface area contributed by atoms with Crippen LogP contribution in [0.25, 0.3) is 0 Å². The molecule has 3 rings (SSSR count). The van der Waals surface area contributed by atoms with E-state index in [4.69, 9.17) is 9.31 Å². The van der Waals surface area contributed by atoms with Crippen LogP contribution < -0.4 is 0 Å². The second-order valence-corrected chi connectivity index (χ2v) is 7.82. The molecule has 0 radical (unpaired) electrons. The molecule has 1 atom stereocenters. The molecular formula is C18H24BFO3. The summed E-state index contributed by atoms with van der Waals surface area (Å²) in [6.07, 6.45) is 2.60. The van der Waals surface area contributed by atoms with E-state index in [1.807, 2.05) is 27.7 Å². The minimum Gasteiger partial charge on any atom is -0.403 e. The average molecular weight is 318 g/mol. The fraction of sp³-hybridized carbons (Fsp3) is 0.611. The van der Waals surface area contributed by atoms with Crippen molar-refractivity contribution >= 4 is 12.9 Å². The Balaban J connectivity index is 2.03. The first-order valence-electron chi connectivity index (χ1n) is 8.30. The number of halogens is 1. The molecule has 2 aliphatic rings. The number of carbonyl (C=O) groups is 1. The first-order valence-corrected chi connectivity index (χ1v) is 8.30. The largest absolute Gasteiger partial charge is 0.469 e. The molecule has 124 valence electrons. The highest BCUT2D eigenvalue weighted by Crippen LogP contribution is 2.48. The van der Waals surface area contributed by atoms with E-state index in [0.717, 1.165) is 18.4 Å². The molecule has 0 spiro atoms. The zero-order chi connectivity index (χ0) is 16.9. The summed E-state index contributed by atoms with van der Waals surface area (Å²) in [5.74, 6) is -0.0600. The first kappa shape index (κ1) is 16.7. The van der Waals surface area contributed by atoms with Crippen LogP contribution in [0.1, 0.15) is 58.9 Å². The Morgan fingerprint density at radius 1 is 1.04 bits per heavy atom. The summed E-state index contributed by atoms with van der Waals surface area (Å²) < 4.78 is 25.9. The van der Waals surface area contributed by atoms with E-state index in [0.29, 0.717) is 12.8 Å². The monoisotopic (exact) mass is 318 g/mol. The number of carbonyl (C=O) groups excluding carboxylic acids is 1. The van der Waals surface area contributed by atoms with Crippen LogP contribution in [0, 0.1) is 5.82 Å². The van der Waals surface area contributed by atoms with Crippen molar-refractivity contribution in [1.82, 2.24) is 0 Å².